The van der Waals surface area contributed by atoms with E-state index < -0.39 is 0 Å². The van der Waals surface area contributed by atoms with Crippen molar-refractivity contribution in [2.75, 3.05) is 0 Å². The average molecular weight is 241 g/mol. The molecule has 2 aromatic carbocycles. The van der Waals surface area contributed by atoms with Gasteiger partial charge in [0, 0.05) is 11.6 Å². The van der Waals surface area contributed by atoms with Crippen LogP contribution in [0.3, 0.4) is 0 Å². The van der Waals surface area contributed by atoms with Gasteiger partial charge in [0.2, 0.25) is 0 Å². The van der Waals surface area contributed by atoms with Crippen molar-refractivity contribution in [1.29, 1.82) is 5.26 Å². The standard InChI is InChI=1S/C15H12FNO/c1-11-6-7-14(8-15(11)16)18-10-13-5-3-2-4-12(13)9-17/h2-8H,10H2,1H3. The number of hydrogen-bond donors (Lipinski definition) is 0. The van der Waals surface area contributed by atoms with Gasteiger partial charge in [-0.15, -0.1) is 0 Å². The van der Waals surface area contributed by atoms with Crippen LogP contribution in [0.5, 0.6) is 5.75 Å². The Morgan fingerprint density at radius 1 is 1.22 bits per heavy atom. The summed E-state index contributed by atoms with van der Waals surface area (Å²) in [5, 5.41) is 8.93. The van der Waals surface area contributed by atoms with Gasteiger partial charge < -0.3 is 4.74 Å². The van der Waals surface area contributed by atoms with Gasteiger partial charge in [-0.3, -0.25) is 0 Å². The molecule has 0 spiro atoms. The molecule has 18 heavy (non-hydrogen) atoms. The number of hydrogen-bond acceptors (Lipinski definition) is 2. The number of rotatable bonds is 3. The van der Waals surface area contributed by atoms with E-state index in [1.807, 2.05) is 12.1 Å². The van der Waals surface area contributed by atoms with Crippen LogP contribution in [0.4, 0.5) is 4.39 Å². The number of nitrogens with zero attached hydrogens (tertiary/aromatic N) is 1. The molecule has 2 aromatic rings. The van der Waals surface area contributed by atoms with Crippen LogP contribution in [0.15, 0.2) is 42.5 Å². The summed E-state index contributed by atoms with van der Waals surface area (Å²) < 4.78 is 18.8. The molecular formula is C15H12FNO. The summed E-state index contributed by atoms with van der Waals surface area (Å²) in [5.74, 6) is 0.173. The lowest BCUT2D eigenvalue weighted by molar-refractivity contribution is 0.304. The van der Waals surface area contributed by atoms with Crippen molar-refractivity contribution < 1.29 is 9.13 Å². The van der Waals surface area contributed by atoms with E-state index in [0.717, 1.165) is 5.56 Å². The maximum absolute atomic E-state index is 13.3. The molecule has 0 amide bonds. The Morgan fingerprint density at radius 2 is 2.00 bits per heavy atom. The van der Waals surface area contributed by atoms with Crippen LogP contribution >= 0.6 is 0 Å². The Bertz CT molecular complexity index is 602. The molecule has 2 nitrogen and oxygen atoms in total. The van der Waals surface area contributed by atoms with Crippen LogP contribution in [0.25, 0.3) is 0 Å². The highest BCUT2D eigenvalue weighted by Crippen LogP contribution is 2.18. The molecule has 0 saturated heterocycles. The highest BCUT2D eigenvalue weighted by molar-refractivity contribution is 5.37. The van der Waals surface area contributed by atoms with Crippen LogP contribution in [-0.4, -0.2) is 0 Å². The van der Waals surface area contributed by atoms with Crippen molar-refractivity contribution in [3.05, 3.63) is 65.0 Å². The zero-order chi connectivity index (χ0) is 13.0. The molecule has 0 unspecified atom stereocenters. The van der Waals surface area contributed by atoms with Gasteiger partial charge in [-0.05, 0) is 24.6 Å². The third kappa shape index (κ3) is 2.67. The van der Waals surface area contributed by atoms with E-state index in [2.05, 4.69) is 6.07 Å². The van der Waals surface area contributed by atoms with Gasteiger partial charge in [0.25, 0.3) is 0 Å². The number of benzene rings is 2. The molecule has 0 atom stereocenters. The first-order chi connectivity index (χ1) is 8.70. The quantitative estimate of drug-likeness (QED) is 0.822. The predicted molar refractivity (Wildman–Crippen MR) is 66.6 cm³/mol. The third-order valence-electron chi connectivity index (χ3n) is 2.68. The van der Waals surface area contributed by atoms with Crippen LogP contribution in [-0.2, 0) is 6.61 Å². The monoisotopic (exact) mass is 241 g/mol. The zero-order valence-electron chi connectivity index (χ0n) is 9.98. The van der Waals surface area contributed by atoms with E-state index >= 15 is 0 Å². The summed E-state index contributed by atoms with van der Waals surface area (Å²) in [6, 6.07) is 14.0. The van der Waals surface area contributed by atoms with Crippen molar-refractivity contribution in [3.8, 4) is 11.8 Å². The van der Waals surface area contributed by atoms with Crippen molar-refractivity contribution in [2.45, 2.75) is 13.5 Å². The van der Waals surface area contributed by atoms with E-state index in [9.17, 15) is 4.39 Å². The van der Waals surface area contributed by atoms with Gasteiger partial charge in [-0.25, -0.2) is 4.39 Å². The van der Waals surface area contributed by atoms with Crippen molar-refractivity contribution in [1.82, 2.24) is 0 Å². The minimum absolute atomic E-state index is 0.256. The molecule has 3 heteroatoms. The molecule has 0 saturated carbocycles. The first-order valence-corrected chi connectivity index (χ1v) is 5.57. The summed E-state index contributed by atoms with van der Waals surface area (Å²) in [6.45, 7) is 1.95. The van der Waals surface area contributed by atoms with Gasteiger partial charge in [0.15, 0.2) is 0 Å². The van der Waals surface area contributed by atoms with Crippen LogP contribution in [0, 0.1) is 24.1 Å². The Hall–Kier alpha value is -2.34. The van der Waals surface area contributed by atoms with Crippen molar-refractivity contribution in [3.63, 3.8) is 0 Å². The SMILES string of the molecule is Cc1ccc(OCc2ccccc2C#N)cc1F. The number of halogens is 1. The zero-order valence-corrected chi connectivity index (χ0v) is 9.98. The summed E-state index contributed by atoms with van der Waals surface area (Å²) >= 11 is 0. The fraction of sp³-hybridized carbons (Fsp3) is 0.133. The highest BCUT2D eigenvalue weighted by Gasteiger charge is 2.03. The van der Waals surface area contributed by atoms with Gasteiger partial charge in [0.1, 0.15) is 18.2 Å². The van der Waals surface area contributed by atoms with Crippen LogP contribution in [0.2, 0.25) is 0 Å². The Balaban J connectivity index is 2.12. The molecule has 0 heterocycles. The topological polar surface area (TPSA) is 33.0 Å². The number of ether oxygens (including phenoxy) is 1. The second kappa shape index (κ2) is 5.33. The molecule has 90 valence electrons. The van der Waals surface area contributed by atoms with Gasteiger partial charge in [-0.1, -0.05) is 24.3 Å². The third-order valence-corrected chi connectivity index (χ3v) is 2.68. The maximum Gasteiger partial charge on any atom is 0.129 e. The maximum atomic E-state index is 13.3. The fourth-order valence-electron chi connectivity index (χ4n) is 1.58. The first kappa shape index (κ1) is 12.1. The summed E-state index contributed by atoms with van der Waals surface area (Å²) in [5.41, 5.74) is 1.95. The Morgan fingerprint density at radius 3 is 2.72 bits per heavy atom. The minimum atomic E-state index is -0.291. The fourth-order valence-corrected chi connectivity index (χ4v) is 1.58. The largest absolute Gasteiger partial charge is 0.489 e. The molecule has 2 rings (SSSR count). The lowest BCUT2D eigenvalue weighted by atomic mass is 10.1. The second-order valence-corrected chi connectivity index (χ2v) is 3.97. The lowest BCUT2D eigenvalue weighted by Crippen LogP contribution is -1.98. The van der Waals surface area contributed by atoms with Crippen LogP contribution < -0.4 is 4.74 Å². The van der Waals surface area contributed by atoms with E-state index in [-0.39, 0.29) is 12.4 Å². The molecule has 0 radical (unpaired) electrons. The van der Waals surface area contributed by atoms with E-state index in [1.54, 1.807) is 31.2 Å². The average Bonchev–Trinajstić information content (AvgIpc) is 2.40. The number of nitriles is 1. The molecule has 0 N–H and O–H groups in total. The summed E-state index contributed by atoms with van der Waals surface area (Å²) in [6.07, 6.45) is 0. The normalized spacial score (nSPS) is 9.83. The molecule has 0 bridgehead atoms. The first-order valence-electron chi connectivity index (χ1n) is 5.57. The number of aryl methyl sites for hydroxylation is 1. The molecule has 0 fully saturated rings. The summed E-state index contributed by atoms with van der Waals surface area (Å²) in [4.78, 5) is 0. The van der Waals surface area contributed by atoms with Gasteiger partial charge >= 0.3 is 0 Å². The molecular weight excluding hydrogens is 229 g/mol. The van der Waals surface area contributed by atoms with Crippen molar-refractivity contribution >= 4 is 0 Å². The van der Waals surface area contributed by atoms with Gasteiger partial charge in [0.05, 0.1) is 11.6 Å². The molecule has 0 aliphatic carbocycles. The summed E-state index contributed by atoms with van der Waals surface area (Å²) in [7, 11) is 0. The second-order valence-electron chi connectivity index (χ2n) is 3.97. The van der Waals surface area contributed by atoms with E-state index in [4.69, 9.17) is 10.00 Å². The van der Waals surface area contributed by atoms with Crippen LogP contribution in [0.1, 0.15) is 16.7 Å². The highest BCUT2D eigenvalue weighted by atomic mass is 19.1. The Labute approximate surface area is 105 Å². The minimum Gasteiger partial charge on any atom is -0.489 e. The van der Waals surface area contributed by atoms with Crippen molar-refractivity contribution in [2.24, 2.45) is 0 Å². The molecule has 0 aromatic heterocycles. The van der Waals surface area contributed by atoms with Gasteiger partial charge in [-0.2, -0.15) is 5.26 Å². The predicted octanol–water partition coefficient (Wildman–Crippen LogP) is 3.58. The smallest absolute Gasteiger partial charge is 0.129 e. The van der Waals surface area contributed by atoms with E-state index in [1.165, 1.54) is 6.07 Å². The molecule has 0 aliphatic heterocycles. The van der Waals surface area contributed by atoms with E-state index in [0.29, 0.717) is 16.9 Å². The molecule has 0 aliphatic rings. The lowest BCUT2D eigenvalue weighted by Gasteiger charge is -2.08. The Kier molecular flexibility index (Phi) is 3.59.